The van der Waals surface area contributed by atoms with Crippen LogP contribution in [0.1, 0.15) is 25.7 Å². The number of nitrogens with two attached hydrogens (primary N) is 1. The predicted octanol–water partition coefficient (Wildman–Crippen LogP) is 1.52. The van der Waals surface area contributed by atoms with Gasteiger partial charge in [0.1, 0.15) is 4.90 Å². The van der Waals surface area contributed by atoms with Gasteiger partial charge in [-0.3, -0.25) is 0 Å². The maximum atomic E-state index is 11.9. The van der Waals surface area contributed by atoms with Crippen molar-refractivity contribution in [2.75, 3.05) is 18.9 Å². The standard InChI is InChI=1S/C14H23N3O2S/c1-16-20(18,19)14-5-3-2-4-13(14)17-10-11-6-8-12(15)9-7-11/h2-5,11-12,16-17H,6-10,15H2,1H3. The minimum absolute atomic E-state index is 0.301. The zero-order valence-corrected chi connectivity index (χ0v) is 12.6. The van der Waals surface area contributed by atoms with Gasteiger partial charge in [0.15, 0.2) is 0 Å². The molecule has 1 fully saturated rings. The summed E-state index contributed by atoms with van der Waals surface area (Å²) in [5.41, 5.74) is 6.56. The van der Waals surface area contributed by atoms with Gasteiger partial charge in [-0.1, -0.05) is 12.1 Å². The molecule has 0 bridgehead atoms. The minimum Gasteiger partial charge on any atom is -0.384 e. The topological polar surface area (TPSA) is 84.2 Å². The van der Waals surface area contributed by atoms with Crippen LogP contribution in [0.25, 0.3) is 0 Å². The number of hydrogen-bond acceptors (Lipinski definition) is 4. The van der Waals surface area contributed by atoms with E-state index in [1.54, 1.807) is 18.2 Å². The summed E-state index contributed by atoms with van der Waals surface area (Å²) in [4.78, 5) is 0.301. The zero-order valence-electron chi connectivity index (χ0n) is 11.8. The second-order valence-electron chi connectivity index (χ2n) is 5.37. The SMILES string of the molecule is CNS(=O)(=O)c1ccccc1NCC1CCC(N)CC1. The molecule has 112 valence electrons. The smallest absolute Gasteiger partial charge is 0.242 e. The molecule has 20 heavy (non-hydrogen) atoms. The van der Waals surface area contributed by atoms with Crippen LogP contribution in [0.3, 0.4) is 0 Å². The summed E-state index contributed by atoms with van der Waals surface area (Å²) >= 11 is 0. The van der Waals surface area contributed by atoms with E-state index in [2.05, 4.69) is 10.0 Å². The minimum atomic E-state index is -3.42. The van der Waals surface area contributed by atoms with Crippen LogP contribution in [0.5, 0.6) is 0 Å². The number of hydrogen-bond donors (Lipinski definition) is 3. The van der Waals surface area contributed by atoms with Gasteiger partial charge in [-0.2, -0.15) is 0 Å². The third-order valence-electron chi connectivity index (χ3n) is 3.92. The maximum Gasteiger partial charge on any atom is 0.242 e. The predicted molar refractivity (Wildman–Crippen MR) is 81.1 cm³/mol. The first kappa shape index (κ1) is 15.3. The Morgan fingerprint density at radius 3 is 2.50 bits per heavy atom. The molecule has 1 aliphatic rings. The van der Waals surface area contributed by atoms with Gasteiger partial charge >= 0.3 is 0 Å². The first-order valence-corrected chi connectivity index (χ1v) is 8.53. The van der Waals surface area contributed by atoms with Crippen LogP contribution in [0.2, 0.25) is 0 Å². The van der Waals surface area contributed by atoms with Gasteiger partial charge in [-0.15, -0.1) is 0 Å². The number of rotatable bonds is 5. The third kappa shape index (κ3) is 3.71. The van der Waals surface area contributed by atoms with E-state index in [1.807, 2.05) is 6.07 Å². The van der Waals surface area contributed by atoms with Gasteiger partial charge in [0.25, 0.3) is 0 Å². The molecule has 0 saturated heterocycles. The number of benzene rings is 1. The van der Waals surface area contributed by atoms with Crippen LogP contribution in [0, 0.1) is 5.92 Å². The lowest BCUT2D eigenvalue weighted by molar-refractivity contribution is 0.338. The Hall–Kier alpha value is -1.11. The molecule has 0 amide bonds. The van der Waals surface area contributed by atoms with Crippen molar-refractivity contribution < 1.29 is 8.42 Å². The molecule has 1 saturated carbocycles. The Balaban J connectivity index is 2.03. The quantitative estimate of drug-likeness (QED) is 0.769. The Morgan fingerprint density at radius 1 is 1.20 bits per heavy atom. The fraction of sp³-hybridized carbons (Fsp3) is 0.571. The number of para-hydroxylation sites is 1. The van der Waals surface area contributed by atoms with Crippen molar-refractivity contribution in [2.45, 2.75) is 36.6 Å². The van der Waals surface area contributed by atoms with Gasteiger partial charge in [-0.25, -0.2) is 13.1 Å². The molecule has 0 unspecified atom stereocenters. The first-order valence-electron chi connectivity index (χ1n) is 7.05. The van der Waals surface area contributed by atoms with E-state index in [1.165, 1.54) is 7.05 Å². The van der Waals surface area contributed by atoms with Gasteiger partial charge in [0, 0.05) is 12.6 Å². The summed E-state index contributed by atoms with van der Waals surface area (Å²) in [6.07, 6.45) is 4.33. The van der Waals surface area contributed by atoms with E-state index in [4.69, 9.17) is 5.73 Å². The molecule has 5 nitrogen and oxygen atoms in total. The van der Waals surface area contributed by atoms with Crippen LogP contribution in [-0.2, 0) is 10.0 Å². The molecular formula is C14H23N3O2S. The number of anilines is 1. The molecule has 4 N–H and O–H groups in total. The molecule has 2 rings (SSSR count). The average Bonchev–Trinajstić information content (AvgIpc) is 2.47. The average molecular weight is 297 g/mol. The highest BCUT2D eigenvalue weighted by Crippen LogP contribution is 2.25. The van der Waals surface area contributed by atoms with E-state index < -0.39 is 10.0 Å². The lowest BCUT2D eigenvalue weighted by atomic mass is 9.86. The van der Waals surface area contributed by atoms with Crippen molar-refractivity contribution in [2.24, 2.45) is 11.7 Å². The highest BCUT2D eigenvalue weighted by Gasteiger charge is 2.20. The lowest BCUT2D eigenvalue weighted by Gasteiger charge is -2.26. The molecule has 1 aromatic carbocycles. The lowest BCUT2D eigenvalue weighted by Crippen LogP contribution is -2.29. The van der Waals surface area contributed by atoms with E-state index >= 15 is 0 Å². The summed E-state index contributed by atoms with van der Waals surface area (Å²) in [7, 11) is -2.00. The van der Waals surface area contributed by atoms with Crippen molar-refractivity contribution in [3.05, 3.63) is 24.3 Å². The van der Waals surface area contributed by atoms with E-state index in [0.717, 1.165) is 32.2 Å². The molecule has 1 aliphatic carbocycles. The van der Waals surface area contributed by atoms with E-state index in [-0.39, 0.29) is 0 Å². The molecular weight excluding hydrogens is 274 g/mol. The fourth-order valence-electron chi connectivity index (χ4n) is 2.60. The molecule has 1 aromatic rings. The molecule has 0 atom stereocenters. The summed E-state index contributed by atoms with van der Waals surface area (Å²) in [5.74, 6) is 0.570. The second kappa shape index (κ2) is 6.56. The Labute approximate surface area is 121 Å². The first-order chi connectivity index (χ1) is 9.53. The monoisotopic (exact) mass is 297 g/mol. The highest BCUT2D eigenvalue weighted by atomic mass is 32.2. The maximum absolute atomic E-state index is 11.9. The molecule has 0 spiro atoms. The van der Waals surface area contributed by atoms with Gasteiger partial charge in [0.05, 0.1) is 5.69 Å². The van der Waals surface area contributed by atoms with Crippen molar-refractivity contribution in [1.29, 1.82) is 0 Å². The molecule has 0 aliphatic heterocycles. The molecule has 0 aromatic heterocycles. The summed E-state index contributed by atoms with van der Waals surface area (Å²) < 4.78 is 26.3. The summed E-state index contributed by atoms with van der Waals surface area (Å²) in [6, 6.07) is 7.33. The van der Waals surface area contributed by atoms with Crippen LogP contribution in [0.15, 0.2) is 29.2 Å². The Morgan fingerprint density at radius 2 is 1.85 bits per heavy atom. The molecule has 0 radical (unpaired) electrons. The van der Waals surface area contributed by atoms with Crippen LogP contribution in [-0.4, -0.2) is 28.1 Å². The van der Waals surface area contributed by atoms with Crippen LogP contribution < -0.4 is 15.8 Å². The highest BCUT2D eigenvalue weighted by molar-refractivity contribution is 7.89. The Kier molecular flexibility index (Phi) is 5.01. The van der Waals surface area contributed by atoms with Crippen molar-refractivity contribution in [3.63, 3.8) is 0 Å². The third-order valence-corrected chi connectivity index (χ3v) is 5.39. The Bertz CT molecular complexity index is 537. The molecule has 6 heteroatoms. The van der Waals surface area contributed by atoms with Crippen molar-refractivity contribution >= 4 is 15.7 Å². The van der Waals surface area contributed by atoms with Crippen molar-refractivity contribution in [1.82, 2.24) is 4.72 Å². The van der Waals surface area contributed by atoms with Crippen LogP contribution in [0.4, 0.5) is 5.69 Å². The van der Waals surface area contributed by atoms with Gasteiger partial charge in [-0.05, 0) is 50.8 Å². The molecule has 0 heterocycles. The largest absolute Gasteiger partial charge is 0.384 e. The second-order valence-corrected chi connectivity index (χ2v) is 7.22. The van der Waals surface area contributed by atoms with Crippen LogP contribution >= 0.6 is 0 Å². The van der Waals surface area contributed by atoms with Gasteiger partial charge in [0.2, 0.25) is 10.0 Å². The summed E-state index contributed by atoms with van der Waals surface area (Å²) in [5, 5.41) is 3.28. The normalized spacial score (nSPS) is 23.5. The summed E-state index contributed by atoms with van der Waals surface area (Å²) in [6.45, 7) is 0.795. The van der Waals surface area contributed by atoms with E-state index in [0.29, 0.717) is 22.5 Å². The van der Waals surface area contributed by atoms with Gasteiger partial charge < -0.3 is 11.1 Å². The van der Waals surface area contributed by atoms with Crippen molar-refractivity contribution in [3.8, 4) is 0 Å². The number of nitrogens with one attached hydrogen (secondary N) is 2. The zero-order chi connectivity index (χ0) is 14.6. The fourth-order valence-corrected chi connectivity index (χ4v) is 3.51. The number of sulfonamides is 1. The van der Waals surface area contributed by atoms with E-state index in [9.17, 15) is 8.42 Å².